The fraction of sp³-hybridized carbons (Fsp3) is 0.278. The quantitative estimate of drug-likeness (QED) is 0.681. The number of hydrogen-bond donors (Lipinski definition) is 0. The van der Waals surface area contributed by atoms with E-state index in [0.29, 0.717) is 39.0 Å². The molecule has 0 radical (unpaired) electrons. The molecular weight excluding hydrogens is 386 g/mol. The van der Waals surface area contributed by atoms with Gasteiger partial charge in [0.1, 0.15) is 0 Å². The number of thioether (sulfide) groups is 1. The van der Waals surface area contributed by atoms with E-state index in [4.69, 9.17) is 14.2 Å². The van der Waals surface area contributed by atoms with E-state index in [1.807, 2.05) is 18.4 Å². The van der Waals surface area contributed by atoms with Crippen molar-refractivity contribution in [3.8, 4) is 17.2 Å². The second-order valence-corrected chi connectivity index (χ2v) is 7.17. The molecule has 1 aliphatic rings. The molecule has 9 heteroatoms. The van der Waals surface area contributed by atoms with Gasteiger partial charge in [-0.3, -0.25) is 9.69 Å². The van der Waals surface area contributed by atoms with Crippen LogP contribution in [-0.4, -0.2) is 48.8 Å². The minimum Gasteiger partial charge on any atom is -0.493 e. The molecule has 7 nitrogen and oxygen atoms in total. The number of likely N-dealkylation sites (N-methyl/N-ethyl adjacent to an activating group) is 1. The average Bonchev–Trinajstić information content (AvgIpc) is 3.29. The van der Waals surface area contributed by atoms with Gasteiger partial charge in [-0.2, -0.15) is 4.99 Å². The van der Waals surface area contributed by atoms with Gasteiger partial charge in [-0.15, -0.1) is 11.3 Å². The molecule has 0 aliphatic carbocycles. The van der Waals surface area contributed by atoms with Crippen molar-refractivity contribution in [2.75, 3.05) is 27.9 Å². The first kappa shape index (κ1) is 19.2. The van der Waals surface area contributed by atoms with Crippen molar-refractivity contribution in [3.05, 3.63) is 34.2 Å². The monoisotopic (exact) mass is 405 g/mol. The van der Waals surface area contributed by atoms with E-state index in [1.165, 1.54) is 23.1 Å². The average molecular weight is 406 g/mol. The van der Waals surface area contributed by atoms with Crippen LogP contribution in [0.5, 0.6) is 17.2 Å². The first-order chi connectivity index (χ1) is 13.1. The lowest BCUT2D eigenvalue weighted by molar-refractivity contribution is -0.122. The first-order valence-electron chi connectivity index (χ1n) is 8.11. The molecule has 0 bridgehead atoms. The molecule has 2 heterocycles. The Kier molecular flexibility index (Phi) is 6.02. The van der Waals surface area contributed by atoms with Gasteiger partial charge in [0.15, 0.2) is 16.7 Å². The molecule has 1 aliphatic heterocycles. The van der Waals surface area contributed by atoms with Crippen molar-refractivity contribution in [1.29, 1.82) is 0 Å². The molecule has 1 fully saturated rings. The second-order valence-electron chi connectivity index (χ2n) is 5.29. The maximum Gasteiger partial charge on any atom is 0.266 e. The smallest absolute Gasteiger partial charge is 0.266 e. The van der Waals surface area contributed by atoms with Crippen molar-refractivity contribution in [2.24, 2.45) is 4.99 Å². The second kappa shape index (κ2) is 8.45. The zero-order chi connectivity index (χ0) is 19.4. The van der Waals surface area contributed by atoms with Gasteiger partial charge in [-0.25, -0.2) is 4.98 Å². The van der Waals surface area contributed by atoms with Gasteiger partial charge in [0.2, 0.25) is 10.9 Å². The zero-order valence-corrected chi connectivity index (χ0v) is 17.0. The van der Waals surface area contributed by atoms with Crippen LogP contribution in [0.3, 0.4) is 0 Å². The van der Waals surface area contributed by atoms with Crippen LogP contribution >= 0.6 is 23.1 Å². The van der Waals surface area contributed by atoms with Gasteiger partial charge in [0, 0.05) is 23.7 Å². The number of methoxy groups -OCH3 is 3. The van der Waals surface area contributed by atoms with Gasteiger partial charge in [-0.1, -0.05) is 0 Å². The summed E-state index contributed by atoms with van der Waals surface area (Å²) in [5.74, 6) is 1.44. The number of aliphatic imine (C=N–C) groups is 1. The number of amides is 1. The van der Waals surface area contributed by atoms with Crippen molar-refractivity contribution < 1.29 is 19.0 Å². The van der Waals surface area contributed by atoms with Crippen LogP contribution in [0.25, 0.3) is 6.08 Å². The third-order valence-electron chi connectivity index (χ3n) is 3.84. The van der Waals surface area contributed by atoms with Crippen molar-refractivity contribution in [1.82, 2.24) is 9.88 Å². The van der Waals surface area contributed by atoms with Gasteiger partial charge < -0.3 is 14.2 Å². The van der Waals surface area contributed by atoms with Crippen LogP contribution in [0.2, 0.25) is 0 Å². The fourth-order valence-electron chi connectivity index (χ4n) is 2.60. The minimum atomic E-state index is -0.102. The number of amidine groups is 1. The largest absolute Gasteiger partial charge is 0.493 e. The molecule has 0 unspecified atom stereocenters. The zero-order valence-electron chi connectivity index (χ0n) is 15.4. The Morgan fingerprint density at radius 3 is 2.56 bits per heavy atom. The highest BCUT2D eigenvalue weighted by Crippen LogP contribution is 2.42. The molecule has 1 aromatic heterocycles. The van der Waals surface area contributed by atoms with E-state index >= 15 is 0 Å². The van der Waals surface area contributed by atoms with Gasteiger partial charge in [0.05, 0.1) is 26.2 Å². The summed E-state index contributed by atoms with van der Waals surface area (Å²) >= 11 is 2.74. The van der Waals surface area contributed by atoms with Crippen molar-refractivity contribution in [3.63, 3.8) is 0 Å². The number of thiazole rings is 1. The van der Waals surface area contributed by atoms with E-state index in [1.54, 1.807) is 44.6 Å². The Morgan fingerprint density at radius 2 is 1.96 bits per heavy atom. The highest BCUT2D eigenvalue weighted by Gasteiger charge is 2.33. The topological polar surface area (TPSA) is 73.2 Å². The third-order valence-corrected chi connectivity index (χ3v) is 5.51. The molecule has 142 valence electrons. The number of rotatable bonds is 6. The van der Waals surface area contributed by atoms with Gasteiger partial charge >= 0.3 is 0 Å². The molecule has 0 spiro atoms. The van der Waals surface area contributed by atoms with E-state index in [9.17, 15) is 4.79 Å². The fourth-order valence-corrected chi connectivity index (χ4v) is 4.20. The van der Waals surface area contributed by atoms with Crippen LogP contribution in [-0.2, 0) is 4.79 Å². The van der Waals surface area contributed by atoms with Gasteiger partial charge in [-0.05, 0) is 36.9 Å². The Balaban J connectivity index is 2.01. The Bertz CT molecular complexity index is 894. The summed E-state index contributed by atoms with van der Waals surface area (Å²) < 4.78 is 16.2. The number of carbonyl (C=O) groups is 1. The highest BCUT2D eigenvalue weighted by molar-refractivity contribution is 8.18. The standard InChI is InChI=1S/C18H19N3O4S2/c1-5-21-16(22)13(27-18(21)20-17-19-8-9-26-17)10-11-6-7-12(23-2)15(25-4)14(11)24-3/h6-10H,5H2,1-4H3/b13-10-,20-18+. The summed E-state index contributed by atoms with van der Waals surface area (Å²) in [6, 6.07) is 3.60. The molecule has 0 atom stereocenters. The number of benzene rings is 1. The lowest BCUT2D eigenvalue weighted by Gasteiger charge is -2.14. The van der Waals surface area contributed by atoms with Crippen LogP contribution in [0, 0.1) is 0 Å². The first-order valence-corrected chi connectivity index (χ1v) is 9.81. The molecule has 0 saturated carbocycles. The molecule has 27 heavy (non-hydrogen) atoms. The lowest BCUT2D eigenvalue weighted by atomic mass is 10.1. The molecule has 2 aromatic rings. The molecule has 1 saturated heterocycles. The van der Waals surface area contributed by atoms with Crippen LogP contribution < -0.4 is 14.2 Å². The molecule has 0 N–H and O–H groups in total. The number of nitrogens with zero attached hydrogens (tertiary/aromatic N) is 3. The number of carbonyl (C=O) groups excluding carboxylic acids is 1. The van der Waals surface area contributed by atoms with Crippen molar-refractivity contribution >= 4 is 45.4 Å². The minimum absolute atomic E-state index is 0.102. The lowest BCUT2D eigenvalue weighted by Crippen LogP contribution is -2.28. The summed E-state index contributed by atoms with van der Waals surface area (Å²) in [6.45, 7) is 2.44. The van der Waals surface area contributed by atoms with E-state index < -0.39 is 0 Å². The Labute approximate surface area is 165 Å². The van der Waals surface area contributed by atoms with Crippen molar-refractivity contribution in [2.45, 2.75) is 6.92 Å². The third kappa shape index (κ3) is 3.79. The predicted octanol–water partition coefficient (Wildman–Crippen LogP) is 3.79. The maximum atomic E-state index is 12.8. The van der Waals surface area contributed by atoms with Gasteiger partial charge in [0.25, 0.3) is 5.91 Å². The number of hydrogen-bond acceptors (Lipinski definition) is 8. The van der Waals surface area contributed by atoms with Crippen LogP contribution in [0.1, 0.15) is 12.5 Å². The molecule has 1 amide bonds. The summed E-state index contributed by atoms with van der Waals surface area (Å²) in [5.41, 5.74) is 0.720. The molecule has 3 rings (SSSR count). The molecular formula is C18H19N3O4S2. The predicted molar refractivity (Wildman–Crippen MR) is 108 cm³/mol. The highest BCUT2D eigenvalue weighted by atomic mass is 32.2. The van der Waals surface area contributed by atoms with E-state index in [0.717, 1.165) is 5.56 Å². The summed E-state index contributed by atoms with van der Waals surface area (Å²) in [7, 11) is 4.66. The van der Waals surface area contributed by atoms with Crippen LogP contribution in [0.15, 0.2) is 33.6 Å². The van der Waals surface area contributed by atoms with E-state index in [2.05, 4.69) is 9.98 Å². The number of aromatic nitrogens is 1. The Morgan fingerprint density at radius 1 is 1.19 bits per heavy atom. The normalized spacial score (nSPS) is 17.0. The van der Waals surface area contributed by atoms with Crippen LogP contribution in [0.4, 0.5) is 5.13 Å². The SMILES string of the molecule is CCN1C(=O)/C(=C/c2ccc(OC)c(OC)c2OC)S/C1=N/c1nccs1. The molecule has 1 aromatic carbocycles. The summed E-state index contributed by atoms with van der Waals surface area (Å²) in [5, 5.41) is 3.08. The number of ether oxygens (including phenoxy) is 3. The Hall–Kier alpha value is -2.52. The summed E-state index contributed by atoms with van der Waals surface area (Å²) in [6.07, 6.45) is 3.47. The van der Waals surface area contributed by atoms with E-state index in [-0.39, 0.29) is 5.91 Å². The summed E-state index contributed by atoms with van der Waals surface area (Å²) in [4.78, 5) is 23.6. The maximum absolute atomic E-state index is 12.8.